The van der Waals surface area contributed by atoms with E-state index in [-0.39, 0.29) is 17.1 Å². The lowest BCUT2D eigenvalue weighted by molar-refractivity contribution is -0.0667. The number of rotatable bonds is 6. The molecule has 3 rings (SSSR count). The SMILES string of the molecule is CC1CN(CCNc2ccc(S(=O)(=O)N3CCOCC3)cn2)CC(C)O1. The zero-order valence-electron chi connectivity index (χ0n) is 15.4. The molecule has 0 spiro atoms. The number of sulfonamides is 1. The maximum Gasteiger partial charge on any atom is 0.244 e. The van der Waals surface area contributed by atoms with Crippen molar-refractivity contribution in [2.45, 2.75) is 31.0 Å². The van der Waals surface area contributed by atoms with Crippen molar-refractivity contribution in [3.8, 4) is 0 Å². The molecule has 0 bridgehead atoms. The standard InChI is InChI=1S/C17H28N4O4S/c1-14-12-20(13-15(2)25-14)6-5-18-17-4-3-16(11-19-17)26(22,23)21-7-9-24-10-8-21/h3-4,11,14-15H,5-10,12-13H2,1-2H3,(H,18,19). The molecular weight excluding hydrogens is 356 g/mol. The predicted molar refractivity (Wildman–Crippen MR) is 98.8 cm³/mol. The van der Waals surface area contributed by atoms with Crippen LogP contribution in [0.2, 0.25) is 0 Å². The zero-order chi connectivity index (χ0) is 18.6. The summed E-state index contributed by atoms with van der Waals surface area (Å²) in [6.07, 6.45) is 1.93. The Kier molecular flexibility index (Phi) is 6.46. The van der Waals surface area contributed by atoms with Gasteiger partial charge in [-0.15, -0.1) is 0 Å². The summed E-state index contributed by atoms with van der Waals surface area (Å²) in [5.74, 6) is 0.681. The minimum atomic E-state index is -3.49. The number of pyridine rings is 1. The lowest BCUT2D eigenvalue weighted by Crippen LogP contribution is -2.46. The van der Waals surface area contributed by atoms with E-state index in [0.29, 0.717) is 32.1 Å². The van der Waals surface area contributed by atoms with Crippen molar-refractivity contribution in [3.63, 3.8) is 0 Å². The Morgan fingerprint density at radius 1 is 1.19 bits per heavy atom. The highest BCUT2D eigenvalue weighted by Gasteiger charge is 2.26. The number of aromatic nitrogens is 1. The van der Waals surface area contributed by atoms with Crippen LogP contribution in [0.25, 0.3) is 0 Å². The van der Waals surface area contributed by atoms with E-state index in [1.54, 1.807) is 12.1 Å². The number of ether oxygens (including phenoxy) is 2. The minimum Gasteiger partial charge on any atom is -0.379 e. The Labute approximate surface area is 155 Å². The molecular formula is C17H28N4O4S. The fourth-order valence-electron chi connectivity index (χ4n) is 3.38. The summed E-state index contributed by atoms with van der Waals surface area (Å²) in [7, 11) is -3.49. The van der Waals surface area contributed by atoms with Crippen LogP contribution in [0.4, 0.5) is 5.82 Å². The van der Waals surface area contributed by atoms with Gasteiger partial charge in [-0.3, -0.25) is 4.90 Å². The molecule has 0 amide bonds. The van der Waals surface area contributed by atoms with Gasteiger partial charge in [0.15, 0.2) is 0 Å². The van der Waals surface area contributed by atoms with Gasteiger partial charge < -0.3 is 14.8 Å². The fraction of sp³-hybridized carbons (Fsp3) is 0.706. The van der Waals surface area contributed by atoms with Crippen molar-refractivity contribution in [2.24, 2.45) is 0 Å². The lowest BCUT2D eigenvalue weighted by Gasteiger charge is -2.35. The van der Waals surface area contributed by atoms with Gasteiger partial charge in [0.1, 0.15) is 10.7 Å². The van der Waals surface area contributed by atoms with E-state index in [1.807, 2.05) is 0 Å². The highest BCUT2D eigenvalue weighted by atomic mass is 32.2. The van der Waals surface area contributed by atoms with Crippen molar-refractivity contribution in [1.82, 2.24) is 14.2 Å². The number of anilines is 1. The van der Waals surface area contributed by atoms with Gasteiger partial charge in [-0.1, -0.05) is 0 Å². The third kappa shape index (κ3) is 4.92. The molecule has 9 heteroatoms. The predicted octanol–water partition coefficient (Wildman–Crippen LogP) is 0.624. The van der Waals surface area contributed by atoms with Crippen LogP contribution in [0.1, 0.15) is 13.8 Å². The molecule has 2 aliphatic heterocycles. The van der Waals surface area contributed by atoms with Gasteiger partial charge in [-0.2, -0.15) is 4.31 Å². The van der Waals surface area contributed by atoms with Crippen LogP contribution in [-0.2, 0) is 19.5 Å². The van der Waals surface area contributed by atoms with Gasteiger partial charge in [0.2, 0.25) is 10.0 Å². The van der Waals surface area contributed by atoms with Crippen LogP contribution in [0.3, 0.4) is 0 Å². The lowest BCUT2D eigenvalue weighted by atomic mass is 10.2. The van der Waals surface area contributed by atoms with Crippen LogP contribution < -0.4 is 5.32 Å². The van der Waals surface area contributed by atoms with Gasteiger partial charge in [-0.05, 0) is 26.0 Å². The quantitative estimate of drug-likeness (QED) is 0.770. The van der Waals surface area contributed by atoms with E-state index in [4.69, 9.17) is 9.47 Å². The third-order valence-corrected chi connectivity index (χ3v) is 6.46. The van der Waals surface area contributed by atoms with Crippen LogP contribution in [0, 0.1) is 0 Å². The Morgan fingerprint density at radius 2 is 1.88 bits per heavy atom. The van der Waals surface area contributed by atoms with Gasteiger partial charge in [0.25, 0.3) is 0 Å². The summed E-state index contributed by atoms with van der Waals surface area (Å²) in [5.41, 5.74) is 0. The molecule has 1 N–H and O–H groups in total. The first-order chi connectivity index (χ1) is 12.4. The molecule has 1 aromatic rings. The molecule has 2 atom stereocenters. The molecule has 0 aromatic carbocycles. The van der Waals surface area contributed by atoms with Gasteiger partial charge in [0, 0.05) is 45.5 Å². The van der Waals surface area contributed by atoms with Gasteiger partial charge in [0.05, 0.1) is 25.4 Å². The molecule has 0 radical (unpaired) electrons. The summed E-state index contributed by atoms with van der Waals surface area (Å²) in [6.45, 7) is 9.33. The van der Waals surface area contributed by atoms with Crippen molar-refractivity contribution >= 4 is 15.8 Å². The Balaban J connectivity index is 1.51. The van der Waals surface area contributed by atoms with E-state index < -0.39 is 10.0 Å². The Hall–Kier alpha value is -1.26. The van der Waals surface area contributed by atoms with Gasteiger partial charge in [-0.25, -0.2) is 13.4 Å². The molecule has 146 valence electrons. The van der Waals surface area contributed by atoms with Crippen LogP contribution >= 0.6 is 0 Å². The molecule has 0 saturated carbocycles. The van der Waals surface area contributed by atoms with E-state index in [1.165, 1.54) is 10.5 Å². The number of hydrogen-bond donors (Lipinski definition) is 1. The monoisotopic (exact) mass is 384 g/mol. The molecule has 3 heterocycles. The molecule has 1 aromatic heterocycles. The molecule has 0 aliphatic carbocycles. The second-order valence-electron chi connectivity index (χ2n) is 6.84. The molecule has 2 unspecified atom stereocenters. The van der Waals surface area contributed by atoms with Crippen molar-refractivity contribution in [2.75, 3.05) is 57.8 Å². The molecule has 8 nitrogen and oxygen atoms in total. The van der Waals surface area contributed by atoms with E-state index in [9.17, 15) is 8.42 Å². The zero-order valence-corrected chi connectivity index (χ0v) is 16.2. The normalized spacial score (nSPS) is 25.9. The van der Waals surface area contributed by atoms with Crippen molar-refractivity contribution in [3.05, 3.63) is 18.3 Å². The van der Waals surface area contributed by atoms with Crippen LogP contribution in [-0.4, -0.2) is 87.3 Å². The topological polar surface area (TPSA) is 84.0 Å². The first-order valence-electron chi connectivity index (χ1n) is 9.11. The van der Waals surface area contributed by atoms with E-state index in [0.717, 1.165) is 26.2 Å². The molecule has 2 fully saturated rings. The summed E-state index contributed by atoms with van der Waals surface area (Å²) in [5, 5.41) is 3.26. The maximum atomic E-state index is 12.6. The number of nitrogens with one attached hydrogen (secondary N) is 1. The Bertz CT molecular complexity index is 667. The maximum absolute atomic E-state index is 12.6. The summed E-state index contributed by atoms with van der Waals surface area (Å²) in [6, 6.07) is 3.33. The summed E-state index contributed by atoms with van der Waals surface area (Å²) < 4.78 is 37.5. The largest absolute Gasteiger partial charge is 0.379 e. The Morgan fingerprint density at radius 3 is 2.50 bits per heavy atom. The fourth-order valence-corrected chi connectivity index (χ4v) is 4.74. The van der Waals surface area contributed by atoms with Crippen LogP contribution in [0.5, 0.6) is 0 Å². The molecule has 2 aliphatic rings. The van der Waals surface area contributed by atoms with E-state index in [2.05, 4.69) is 29.0 Å². The second kappa shape index (κ2) is 8.62. The van der Waals surface area contributed by atoms with E-state index >= 15 is 0 Å². The number of nitrogens with zero attached hydrogens (tertiary/aromatic N) is 3. The minimum absolute atomic E-state index is 0.223. The number of hydrogen-bond acceptors (Lipinski definition) is 7. The smallest absolute Gasteiger partial charge is 0.244 e. The average molecular weight is 385 g/mol. The first kappa shape index (κ1) is 19.5. The third-order valence-electron chi connectivity index (χ3n) is 4.57. The highest BCUT2D eigenvalue weighted by Crippen LogP contribution is 2.17. The van der Waals surface area contributed by atoms with Crippen LogP contribution in [0.15, 0.2) is 23.2 Å². The van der Waals surface area contributed by atoms with Crippen molar-refractivity contribution < 1.29 is 17.9 Å². The second-order valence-corrected chi connectivity index (χ2v) is 8.78. The number of morpholine rings is 2. The molecule has 2 saturated heterocycles. The summed E-state index contributed by atoms with van der Waals surface area (Å²) >= 11 is 0. The average Bonchev–Trinajstić information content (AvgIpc) is 2.62. The molecule has 26 heavy (non-hydrogen) atoms. The summed E-state index contributed by atoms with van der Waals surface area (Å²) in [4.78, 5) is 6.85. The first-order valence-corrected chi connectivity index (χ1v) is 10.5. The van der Waals surface area contributed by atoms with Gasteiger partial charge >= 0.3 is 0 Å². The highest BCUT2D eigenvalue weighted by molar-refractivity contribution is 7.89. The van der Waals surface area contributed by atoms with Crippen molar-refractivity contribution in [1.29, 1.82) is 0 Å².